The van der Waals surface area contributed by atoms with Crippen LogP contribution in [-0.2, 0) is 10.8 Å². The number of nitrogens with zero attached hydrogens (tertiary/aromatic N) is 1. The number of hydrogen-bond acceptors (Lipinski definition) is 1. The van der Waals surface area contributed by atoms with E-state index in [1.165, 1.54) is 0 Å². The number of rotatable bonds is 0. The third-order valence-corrected chi connectivity index (χ3v) is 24.4. The summed E-state index contributed by atoms with van der Waals surface area (Å²) in [4.78, 5) is 0. The Balaban J connectivity index is 1.30. The molecule has 28 aromatic carbocycles. The molecule has 28 aromatic rings. The highest BCUT2D eigenvalue weighted by molar-refractivity contribution is 6.82. The van der Waals surface area contributed by atoms with E-state index in [2.05, 4.69) is 6.07 Å². The van der Waals surface area contributed by atoms with E-state index in [4.69, 9.17) is 0 Å². The first kappa shape index (κ1) is 21.7. The Hall–Kier alpha value is -8.05. The zero-order valence-corrected chi connectivity index (χ0v) is 31.5. The lowest BCUT2D eigenvalue weighted by molar-refractivity contribution is 0.731. The average Bonchev–Trinajstić information content (AvgIpc) is 4.14. The van der Waals surface area contributed by atoms with E-state index in [1.807, 2.05) is 0 Å². The van der Waals surface area contributed by atoms with Crippen molar-refractivity contribution in [2.45, 2.75) is 10.8 Å². The molecular formula is C62HN. The molecule has 1 nitrogen and oxygen atoms in total. The van der Waals surface area contributed by atoms with E-state index in [-0.39, 0.29) is 16.7 Å². The predicted octanol–water partition coefficient (Wildman–Crippen LogP) is 16.4. The van der Waals surface area contributed by atoms with Gasteiger partial charge in [0.15, 0.2) is 0 Å². The fourth-order valence-electron chi connectivity index (χ4n) is 24.6. The minimum absolute atomic E-state index is 0.0985. The van der Waals surface area contributed by atoms with Crippen molar-refractivity contribution in [3.05, 3.63) is 22.3 Å². The Kier molecular flexibility index (Phi) is 1.57. The van der Waals surface area contributed by atoms with Gasteiger partial charge in [0.25, 0.3) is 0 Å². The Morgan fingerprint density at radius 3 is 0.365 bits per heavy atom. The Morgan fingerprint density at radius 1 is 0.175 bits per heavy atom. The highest BCUT2D eigenvalue weighted by Gasteiger charge is 2.87. The molecule has 5 aliphatic carbocycles. The largest absolute Gasteiger partial charge is 0.198 e. The van der Waals surface area contributed by atoms with Crippen LogP contribution < -0.4 is 0 Å². The second-order valence-electron chi connectivity index (χ2n) is 23.9. The highest BCUT2D eigenvalue weighted by atomic mass is 14.9. The Labute approximate surface area is 339 Å². The van der Waals surface area contributed by atoms with Crippen LogP contribution in [0.25, 0.3) is 291 Å². The van der Waals surface area contributed by atoms with Gasteiger partial charge < -0.3 is 0 Å². The van der Waals surface area contributed by atoms with Crippen LogP contribution in [0.4, 0.5) is 0 Å². The van der Waals surface area contributed by atoms with E-state index in [9.17, 15) is 5.26 Å². The summed E-state index contributed by atoms with van der Waals surface area (Å²) < 4.78 is 0. The molecule has 5 aliphatic rings. The van der Waals surface area contributed by atoms with Crippen LogP contribution in [0.3, 0.4) is 0 Å². The minimum atomic E-state index is -0.340. The van der Waals surface area contributed by atoms with E-state index < -0.39 is 0 Å². The number of hydrogen-bond donors (Lipinski definition) is 0. The number of nitriles is 1. The van der Waals surface area contributed by atoms with Crippen LogP contribution >= 0.6 is 0 Å². The van der Waals surface area contributed by atoms with Gasteiger partial charge in [0, 0.05) is 0 Å². The van der Waals surface area contributed by atoms with Gasteiger partial charge in [0.1, 0.15) is 0 Å². The zero-order chi connectivity index (χ0) is 36.8. The molecule has 254 valence electrons. The van der Waals surface area contributed by atoms with E-state index in [0.717, 1.165) is 0 Å². The molecule has 0 radical (unpaired) electrons. The van der Waals surface area contributed by atoms with Crippen LogP contribution in [0, 0.1) is 17.2 Å². The molecule has 0 unspecified atom stereocenters. The van der Waals surface area contributed by atoms with Gasteiger partial charge in [-0.1, -0.05) is 0 Å². The van der Waals surface area contributed by atoms with Crippen molar-refractivity contribution in [3.63, 3.8) is 0 Å². The van der Waals surface area contributed by atoms with Gasteiger partial charge in [0.2, 0.25) is 0 Å². The molecule has 1 heteroatoms. The highest BCUT2D eigenvalue weighted by Crippen LogP contribution is 2.92. The minimum Gasteiger partial charge on any atom is -0.198 e. The monoisotopic (exact) mass is 759 g/mol. The molecule has 0 bridgehead atoms. The third kappa shape index (κ3) is 1.02. The topological polar surface area (TPSA) is 23.8 Å². The van der Waals surface area contributed by atoms with Gasteiger partial charge in [0.05, 0.1) is 22.8 Å². The van der Waals surface area contributed by atoms with Gasteiger partial charge in [-0.2, -0.15) is 5.26 Å². The van der Waals surface area contributed by atoms with Crippen molar-refractivity contribution in [1.29, 1.82) is 5.26 Å². The first-order valence-electron chi connectivity index (χ1n) is 23.6. The third-order valence-electron chi connectivity index (χ3n) is 24.4. The number of benzene rings is 18. The summed E-state index contributed by atoms with van der Waals surface area (Å²) in [6.45, 7) is 0. The van der Waals surface area contributed by atoms with E-state index in [0.29, 0.717) is 0 Å². The second-order valence-corrected chi connectivity index (χ2v) is 23.9. The van der Waals surface area contributed by atoms with Gasteiger partial charge in [-0.25, -0.2) is 0 Å². The predicted molar refractivity (Wildman–Crippen MR) is 263 cm³/mol. The van der Waals surface area contributed by atoms with Crippen LogP contribution in [0.1, 0.15) is 22.3 Å². The molecule has 0 heterocycles. The molecule has 2 spiro atoms. The summed E-state index contributed by atoms with van der Waals surface area (Å²) >= 11 is 0. The molecule has 0 aromatic heterocycles. The summed E-state index contributed by atoms with van der Waals surface area (Å²) in [5.41, 5.74) is 5.83. The summed E-state index contributed by atoms with van der Waals surface area (Å²) in [6, 6.07) is 3.32. The van der Waals surface area contributed by atoms with Crippen LogP contribution in [0.15, 0.2) is 0 Å². The Morgan fingerprint density at radius 2 is 0.270 bits per heavy atom. The molecule has 33 rings (SSSR count). The normalized spacial score (nSPS) is 24.5. The van der Waals surface area contributed by atoms with Gasteiger partial charge >= 0.3 is 0 Å². The average molecular weight is 760 g/mol. The summed E-state index contributed by atoms with van der Waals surface area (Å²) in [7, 11) is 0. The van der Waals surface area contributed by atoms with Crippen molar-refractivity contribution in [1.82, 2.24) is 0 Å². The van der Waals surface area contributed by atoms with Gasteiger partial charge in [-0.15, -0.1) is 0 Å². The maximum atomic E-state index is 12.3. The van der Waals surface area contributed by atoms with Crippen LogP contribution in [0.5, 0.6) is 0 Å². The van der Waals surface area contributed by atoms with Crippen LogP contribution in [-0.4, -0.2) is 0 Å². The zero-order valence-electron chi connectivity index (χ0n) is 31.5. The first-order valence-corrected chi connectivity index (χ1v) is 23.6. The summed E-state index contributed by atoms with van der Waals surface area (Å²) in [5.74, 6) is -0.0985. The van der Waals surface area contributed by atoms with Crippen molar-refractivity contribution >= 4 is 291 Å². The fourth-order valence-corrected chi connectivity index (χ4v) is 24.6. The maximum Gasteiger partial charge on any atom is 0.0764 e. The van der Waals surface area contributed by atoms with Crippen molar-refractivity contribution < 1.29 is 0 Å². The molecule has 0 amide bonds. The molecule has 1 fully saturated rings. The SMILES string of the molecule is N#CC1C23c4c5c6c7c8c9c(c%10c%11c2c2c4c4c%12c5c5c6c6c8c8c%13c9c9c%10c%10c%11c%11c2c2c4c4c%12c%12c5c5c6c8c6c8c%13c9c9c%10c%10c%11c2c2c4c4c%12c5c6c5c8c9c%10c2c45)C713. The van der Waals surface area contributed by atoms with Crippen molar-refractivity contribution in [2.24, 2.45) is 5.92 Å². The summed E-state index contributed by atoms with van der Waals surface area (Å²) in [5, 5.41) is 99.9. The smallest absolute Gasteiger partial charge is 0.0764 e. The maximum absolute atomic E-state index is 12.3. The first-order chi connectivity index (χ1) is 31.4. The lowest BCUT2D eigenvalue weighted by Gasteiger charge is -2.32. The standard InChI is InChI=1S/C62HN/c63-1-2-61-57-49-41-31-21-13-5-3-4-7-11-9(5)17-25-19(11)29-23-15(7)16-8(4)12-10-6(3)14(13)22-28-18(10)26-20(12)30-24(16)34-33(23)43-37(29)47-39(25)45(35(41)27(17)21)53(57)55(47)59-51(43)52-44(34)38(30)48-40(26)46-36(28)42(32(22)31)50(49)58(61)54(46)56(48)60(52)62(2,59)61/h2H. The van der Waals surface area contributed by atoms with E-state index in [1.54, 1.807) is 313 Å². The molecule has 0 aliphatic heterocycles. The molecule has 0 N–H and O–H groups in total. The van der Waals surface area contributed by atoms with Gasteiger partial charge in [-0.3, -0.25) is 0 Å². The van der Waals surface area contributed by atoms with Crippen LogP contribution in [0.2, 0.25) is 0 Å². The lowest BCUT2D eigenvalue weighted by Crippen LogP contribution is -2.27. The van der Waals surface area contributed by atoms with Gasteiger partial charge in [-0.05, 0) is 313 Å². The molecule has 0 atom stereocenters. The van der Waals surface area contributed by atoms with Crippen molar-refractivity contribution in [2.75, 3.05) is 0 Å². The van der Waals surface area contributed by atoms with E-state index >= 15 is 0 Å². The second kappa shape index (κ2) is 4.57. The molecule has 1 saturated carbocycles. The Bertz CT molecular complexity index is 6460. The molecule has 63 heavy (non-hydrogen) atoms. The quantitative estimate of drug-likeness (QED) is 0.141. The molecular weight excluding hydrogens is 759 g/mol. The fraction of sp³-hybridized carbons (Fsp3) is 0.0484. The van der Waals surface area contributed by atoms with Crippen molar-refractivity contribution in [3.8, 4) is 6.07 Å². The molecule has 0 saturated heterocycles. The lowest BCUT2D eigenvalue weighted by atomic mass is 9.68. The summed E-state index contributed by atoms with van der Waals surface area (Å²) in [6.07, 6.45) is 0.